The highest BCUT2D eigenvalue weighted by molar-refractivity contribution is 6.39. The molecule has 3 N–H and O–H groups in total. The van der Waals surface area contributed by atoms with Gasteiger partial charge >= 0.3 is 0 Å². The highest BCUT2D eigenvalue weighted by Gasteiger charge is 2.22. The SMILES string of the molecule is COc1c(Cl)c(O)c(CN)c(OC)c1Cl. The average Bonchev–Trinajstić information content (AvgIpc) is 2.23. The second-order valence-electron chi connectivity index (χ2n) is 2.73. The lowest BCUT2D eigenvalue weighted by atomic mass is 10.1. The van der Waals surface area contributed by atoms with E-state index in [4.69, 9.17) is 38.4 Å². The van der Waals surface area contributed by atoms with Crippen molar-refractivity contribution < 1.29 is 14.6 Å². The summed E-state index contributed by atoms with van der Waals surface area (Å²) in [5, 5.41) is 9.94. The summed E-state index contributed by atoms with van der Waals surface area (Å²) < 4.78 is 9.99. The van der Waals surface area contributed by atoms with Crippen LogP contribution in [0.1, 0.15) is 5.56 Å². The minimum absolute atomic E-state index is 0.0313. The number of ether oxygens (including phenoxy) is 2. The van der Waals surface area contributed by atoms with Crippen molar-refractivity contribution in [3.63, 3.8) is 0 Å². The van der Waals surface area contributed by atoms with Crippen LogP contribution in [0.4, 0.5) is 0 Å². The third-order valence-corrected chi connectivity index (χ3v) is 2.67. The molecule has 0 bridgehead atoms. The second-order valence-corrected chi connectivity index (χ2v) is 3.48. The summed E-state index contributed by atoms with van der Waals surface area (Å²) in [6.07, 6.45) is 0. The quantitative estimate of drug-likeness (QED) is 0.865. The number of aromatic hydroxyl groups is 1. The van der Waals surface area contributed by atoms with Crippen molar-refractivity contribution in [3.8, 4) is 17.2 Å². The lowest BCUT2D eigenvalue weighted by molar-refractivity contribution is 0.380. The van der Waals surface area contributed by atoms with Gasteiger partial charge in [0.25, 0.3) is 0 Å². The molecule has 0 spiro atoms. The highest BCUT2D eigenvalue weighted by atomic mass is 35.5. The maximum atomic E-state index is 9.72. The van der Waals surface area contributed by atoms with Crippen LogP contribution in [-0.4, -0.2) is 19.3 Å². The first-order chi connectivity index (χ1) is 7.08. The summed E-state index contributed by atoms with van der Waals surface area (Å²) in [5.74, 6) is 0.278. The highest BCUT2D eigenvalue weighted by Crippen LogP contribution is 2.48. The molecule has 4 nitrogen and oxygen atoms in total. The molecule has 0 heterocycles. The molecule has 1 rings (SSSR count). The summed E-state index contributed by atoms with van der Waals surface area (Å²) in [5.41, 5.74) is 5.81. The number of phenols is 1. The molecule has 0 aliphatic rings. The summed E-state index contributed by atoms with van der Waals surface area (Å²) in [6.45, 7) is 0.0679. The summed E-state index contributed by atoms with van der Waals surface area (Å²) in [4.78, 5) is 0. The van der Waals surface area contributed by atoms with Crippen LogP contribution in [0.25, 0.3) is 0 Å². The van der Waals surface area contributed by atoms with Gasteiger partial charge in [-0.15, -0.1) is 0 Å². The van der Waals surface area contributed by atoms with Crippen molar-refractivity contribution in [1.82, 2.24) is 0 Å². The largest absolute Gasteiger partial charge is 0.506 e. The number of phenolic OH excluding ortho intramolecular Hbond substituents is 1. The summed E-state index contributed by atoms with van der Waals surface area (Å²) in [7, 11) is 2.82. The Kier molecular flexibility index (Phi) is 3.90. The van der Waals surface area contributed by atoms with E-state index in [9.17, 15) is 5.11 Å². The van der Waals surface area contributed by atoms with E-state index in [1.165, 1.54) is 14.2 Å². The zero-order valence-electron chi connectivity index (χ0n) is 8.30. The molecule has 0 unspecified atom stereocenters. The first-order valence-corrected chi connectivity index (χ1v) is 4.84. The minimum Gasteiger partial charge on any atom is -0.506 e. The van der Waals surface area contributed by atoms with Gasteiger partial charge in [-0.25, -0.2) is 0 Å². The van der Waals surface area contributed by atoms with Gasteiger partial charge in [-0.3, -0.25) is 0 Å². The van der Waals surface area contributed by atoms with Gasteiger partial charge in [0.1, 0.15) is 21.5 Å². The molecule has 0 aromatic heterocycles. The zero-order chi connectivity index (χ0) is 11.6. The van der Waals surface area contributed by atoms with E-state index in [0.717, 1.165) is 0 Å². The molecule has 0 amide bonds. The van der Waals surface area contributed by atoms with E-state index in [1.54, 1.807) is 0 Å². The Bertz CT molecular complexity index is 382. The topological polar surface area (TPSA) is 64.7 Å². The van der Waals surface area contributed by atoms with Crippen molar-refractivity contribution in [2.24, 2.45) is 5.73 Å². The Hall–Kier alpha value is -0.840. The third kappa shape index (κ3) is 1.93. The molecular formula is C9H11Cl2NO3. The fraction of sp³-hybridized carbons (Fsp3) is 0.333. The standard InChI is InChI=1S/C9H11Cl2NO3/c1-14-8-4(3-12)7(13)5(10)9(15-2)6(8)11/h13H,3,12H2,1-2H3. The average molecular weight is 252 g/mol. The van der Waals surface area contributed by atoms with Gasteiger partial charge in [-0.1, -0.05) is 23.2 Å². The number of hydrogen-bond acceptors (Lipinski definition) is 4. The molecule has 0 saturated heterocycles. The lowest BCUT2D eigenvalue weighted by Crippen LogP contribution is -2.02. The Morgan fingerprint density at radius 1 is 1.13 bits per heavy atom. The summed E-state index contributed by atoms with van der Waals surface area (Å²) >= 11 is 11.8. The zero-order valence-corrected chi connectivity index (χ0v) is 9.82. The van der Waals surface area contributed by atoms with Crippen LogP contribution in [0.5, 0.6) is 17.2 Å². The van der Waals surface area contributed by atoms with Gasteiger partial charge in [0, 0.05) is 6.54 Å². The third-order valence-electron chi connectivity index (χ3n) is 1.98. The van der Waals surface area contributed by atoms with Gasteiger partial charge in [0.15, 0.2) is 5.75 Å². The second kappa shape index (κ2) is 4.79. The first-order valence-electron chi connectivity index (χ1n) is 4.09. The monoisotopic (exact) mass is 251 g/mol. The molecule has 1 aromatic rings. The van der Waals surface area contributed by atoms with Crippen LogP contribution in [0.2, 0.25) is 10.0 Å². The molecule has 1 aromatic carbocycles. The maximum absolute atomic E-state index is 9.72. The van der Waals surface area contributed by atoms with Crippen LogP contribution in [-0.2, 0) is 6.54 Å². The molecule has 84 valence electrons. The van der Waals surface area contributed by atoms with Crippen molar-refractivity contribution in [3.05, 3.63) is 15.6 Å². The van der Waals surface area contributed by atoms with Gasteiger partial charge in [-0.2, -0.15) is 0 Å². The van der Waals surface area contributed by atoms with E-state index in [1.807, 2.05) is 0 Å². The predicted molar refractivity (Wildman–Crippen MR) is 59.1 cm³/mol. The Morgan fingerprint density at radius 3 is 2.07 bits per heavy atom. The van der Waals surface area contributed by atoms with Crippen LogP contribution in [0, 0.1) is 0 Å². The van der Waals surface area contributed by atoms with Crippen LogP contribution < -0.4 is 15.2 Å². The van der Waals surface area contributed by atoms with Crippen molar-refractivity contribution in [1.29, 1.82) is 0 Å². The fourth-order valence-electron chi connectivity index (χ4n) is 1.26. The van der Waals surface area contributed by atoms with E-state index in [0.29, 0.717) is 5.56 Å². The van der Waals surface area contributed by atoms with Crippen molar-refractivity contribution >= 4 is 23.2 Å². The molecule has 6 heteroatoms. The molecule has 0 saturated carbocycles. The van der Waals surface area contributed by atoms with Gasteiger partial charge in [0.05, 0.1) is 19.8 Å². The van der Waals surface area contributed by atoms with Gasteiger partial charge in [-0.05, 0) is 0 Å². The molecule has 0 aliphatic heterocycles. The smallest absolute Gasteiger partial charge is 0.163 e. The number of halogens is 2. The van der Waals surface area contributed by atoms with E-state index < -0.39 is 0 Å². The summed E-state index contributed by atoms with van der Waals surface area (Å²) in [6, 6.07) is 0. The van der Waals surface area contributed by atoms with Gasteiger partial charge < -0.3 is 20.3 Å². The maximum Gasteiger partial charge on any atom is 0.163 e. The number of methoxy groups -OCH3 is 2. The number of benzene rings is 1. The minimum atomic E-state index is -0.169. The van der Waals surface area contributed by atoms with E-state index in [2.05, 4.69) is 0 Å². The lowest BCUT2D eigenvalue weighted by Gasteiger charge is -2.15. The van der Waals surface area contributed by atoms with Crippen molar-refractivity contribution in [2.45, 2.75) is 6.54 Å². The fourth-order valence-corrected chi connectivity index (χ4v) is 1.96. The van der Waals surface area contributed by atoms with E-state index in [-0.39, 0.29) is 33.8 Å². The Balaban J connectivity index is 3.57. The van der Waals surface area contributed by atoms with E-state index >= 15 is 0 Å². The molecular weight excluding hydrogens is 241 g/mol. The van der Waals surface area contributed by atoms with Gasteiger partial charge in [0.2, 0.25) is 0 Å². The molecule has 0 aliphatic carbocycles. The van der Waals surface area contributed by atoms with Crippen LogP contribution in [0.15, 0.2) is 0 Å². The predicted octanol–water partition coefficient (Wildman–Crippen LogP) is 2.17. The number of rotatable bonds is 3. The first kappa shape index (κ1) is 12.2. The Labute approximate surface area is 97.5 Å². The Morgan fingerprint density at radius 2 is 1.67 bits per heavy atom. The molecule has 0 radical (unpaired) electrons. The number of hydrogen-bond donors (Lipinski definition) is 2. The van der Waals surface area contributed by atoms with Crippen molar-refractivity contribution in [2.75, 3.05) is 14.2 Å². The normalized spacial score (nSPS) is 10.2. The van der Waals surface area contributed by atoms with Crippen LogP contribution >= 0.6 is 23.2 Å². The molecule has 0 atom stereocenters. The molecule has 0 fully saturated rings. The van der Waals surface area contributed by atoms with Crippen LogP contribution in [0.3, 0.4) is 0 Å². The number of nitrogens with two attached hydrogens (primary N) is 1. The molecule has 15 heavy (non-hydrogen) atoms.